The van der Waals surface area contributed by atoms with Crippen molar-refractivity contribution in [2.45, 2.75) is 33.9 Å². The summed E-state index contributed by atoms with van der Waals surface area (Å²) in [5.41, 5.74) is 6.55. The average molecular weight is 491 g/mol. The fraction of sp³-hybridized carbons (Fsp3) is 0.208. The number of carbonyl (C=O) groups excluding carboxylic acids is 2. The molecule has 0 fully saturated rings. The van der Waals surface area contributed by atoms with Crippen LogP contribution in [-0.4, -0.2) is 22.6 Å². The van der Waals surface area contributed by atoms with E-state index >= 15 is 0 Å². The van der Waals surface area contributed by atoms with Gasteiger partial charge in [-0.05, 0) is 69.2 Å². The minimum Gasteiger partial charge on any atom is -0.318 e. The molecular formula is C24H22ClF3N4O2. The molecule has 0 unspecified atom stereocenters. The minimum absolute atomic E-state index is 0.224. The molecule has 0 bridgehead atoms. The van der Waals surface area contributed by atoms with Crippen molar-refractivity contribution in [3.63, 3.8) is 0 Å². The molecule has 0 radical (unpaired) electrons. The van der Waals surface area contributed by atoms with Crippen LogP contribution in [0.4, 0.5) is 18.9 Å². The van der Waals surface area contributed by atoms with Gasteiger partial charge in [0.2, 0.25) is 0 Å². The van der Waals surface area contributed by atoms with Gasteiger partial charge in [0.15, 0.2) is 0 Å². The summed E-state index contributed by atoms with van der Waals surface area (Å²) in [5.74, 6) is -2.31. The summed E-state index contributed by atoms with van der Waals surface area (Å²) in [6.07, 6.45) is -3.30. The summed E-state index contributed by atoms with van der Waals surface area (Å²) in [5, 5.41) is 5.41. The van der Waals surface area contributed by atoms with E-state index in [2.05, 4.69) is 26.5 Å². The van der Waals surface area contributed by atoms with E-state index in [0.717, 1.165) is 45.9 Å². The first-order chi connectivity index (χ1) is 15.9. The predicted molar refractivity (Wildman–Crippen MR) is 126 cm³/mol. The number of alkyl halides is 3. The summed E-state index contributed by atoms with van der Waals surface area (Å²) in [6.45, 7) is 7.87. The largest absolute Gasteiger partial charge is 0.417 e. The summed E-state index contributed by atoms with van der Waals surface area (Å²) in [6, 6.07) is 10.8. The molecule has 178 valence electrons. The van der Waals surface area contributed by atoms with E-state index in [-0.39, 0.29) is 5.69 Å². The standard InChI is InChI=1S/C24H22ClF3N4O2/c1-13-5-6-14(2)21(9-13)32-15(3)10-17(16(32)4)12-29-31-23(34)22(33)30-18-7-8-20(25)19(11-18)24(26,27)28/h5-12H,1-4H3,(H,30,33)(H,31,34)/b29-12-. The molecule has 34 heavy (non-hydrogen) atoms. The number of halogens is 4. The van der Waals surface area contributed by atoms with Crippen LogP contribution in [0.2, 0.25) is 5.02 Å². The molecule has 0 aliphatic rings. The Balaban J connectivity index is 1.71. The molecule has 0 spiro atoms. The van der Waals surface area contributed by atoms with E-state index in [1.54, 1.807) is 0 Å². The van der Waals surface area contributed by atoms with E-state index in [1.165, 1.54) is 6.21 Å². The SMILES string of the molecule is Cc1ccc(C)c(-n2c(C)cc(/C=N\NC(=O)C(=O)Nc3ccc(Cl)c(C(F)(F)F)c3)c2C)c1. The Hall–Kier alpha value is -3.59. The Morgan fingerprint density at radius 1 is 1.00 bits per heavy atom. The second-order valence-electron chi connectivity index (χ2n) is 7.80. The molecule has 2 amide bonds. The van der Waals surface area contributed by atoms with Gasteiger partial charge in [0.1, 0.15) is 0 Å². The number of amides is 2. The van der Waals surface area contributed by atoms with Crippen LogP contribution in [0.5, 0.6) is 0 Å². The van der Waals surface area contributed by atoms with Crippen LogP contribution in [-0.2, 0) is 15.8 Å². The number of aryl methyl sites for hydroxylation is 3. The normalized spacial score (nSPS) is 11.6. The van der Waals surface area contributed by atoms with Crippen molar-refractivity contribution < 1.29 is 22.8 Å². The van der Waals surface area contributed by atoms with Gasteiger partial charge in [-0.25, -0.2) is 5.43 Å². The van der Waals surface area contributed by atoms with Crippen molar-refractivity contribution >= 4 is 35.3 Å². The highest BCUT2D eigenvalue weighted by Gasteiger charge is 2.33. The van der Waals surface area contributed by atoms with E-state index in [4.69, 9.17) is 11.6 Å². The molecule has 10 heteroatoms. The van der Waals surface area contributed by atoms with Crippen molar-refractivity contribution in [1.82, 2.24) is 9.99 Å². The van der Waals surface area contributed by atoms with Gasteiger partial charge in [0.25, 0.3) is 0 Å². The van der Waals surface area contributed by atoms with E-state index < -0.39 is 28.6 Å². The van der Waals surface area contributed by atoms with Crippen molar-refractivity contribution in [3.05, 3.63) is 81.1 Å². The zero-order chi connectivity index (χ0) is 25.2. The maximum Gasteiger partial charge on any atom is 0.417 e. The Bertz CT molecular complexity index is 1300. The highest BCUT2D eigenvalue weighted by Crippen LogP contribution is 2.36. The lowest BCUT2D eigenvalue weighted by Gasteiger charge is -2.13. The zero-order valence-electron chi connectivity index (χ0n) is 18.8. The molecular weight excluding hydrogens is 469 g/mol. The van der Waals surface area contributed by atoms with Crippen LogP contribution in [0.15, 0.2) is 47.6 Å². The molecule has 0 atom stereocenters. The number of nitrogens with one attached hydrogen (secondary N) is 2. The first kappa shape index (κ1) is 25.0. The molecule has 3 aromatic rings. The minimum atomic E-state index is -4.70. The summed E-state index contributed by atoms with van der Waals surface area (Å²) >= 11 is 5.55. The Kier molecular flexibility index (Phi) is 7.16. The third kappa shape index (κ3) is 5.48. The van der Waals surface area contributed by atoms with Crippen LogP contribution in [0, 0.1) is 27.7 Å². The van der Waals surface area contributed by atoms with Crippen LogP contribution in [0.3, 0.4) is 0 Å². The quantitative estimate of drug-likeness (QED) is 0.289. The summed E-state index contributed by atoms with van der Waals surface area (Å²) < 4.78 is 41.0. The number of carbonyl (C=O) groups is 2. The third-order valence-electron chi connectivity index (χ3n) is 5.18. The maximum absolute atomic E-state index is 13.0. The number of aromatic nitrogens is 1. The van der Waals surface area contributed by atoms with Gasteiger partial charge in [-0.1, -0.05) is 23.7 Å². The molecule has 0 saturated carbocycles. The van der Waals surface area contributed by atoms with Crippen molar-refractivity contribution in [2.24, 2.45) is 5.10 Å². The fourth-order valence-electron chi connectivity index (χ4n) is 3.47. The predicted octanol–water partition coefficient (Wildman–Crippen LogP) is 5.47. The van der Waals surface area contributed by atoms with Gasteiger partial charge in [-0.3, -0.25) is 9.59 Å². The van der Waals surface area contributed by atoms with E-state index in [0.29, 0.717) is 6.07 Å². The van der Waals surface area contributed by atoms with Crippen molar-refractivity contribution in [3.8, 4) is 5.69 Å². The molecule has 1 heterocycles. The Morgan fingerprint density at radius 2 is 1.71 bits per heavy atom. The van der Waals surface area contributed by atoms with Gasteiger partial charge in [0.05, 0.1) is 16.8 Å². The molecule has 0 aliphatic carbocycles. The number of hydrogen-bond donors (Lipinski definition) is 2. The number of hydrogen-bond acceptors (Lipinski definition) is 3. The monoisotopic (exact) mass is 490 g/mol. The molecule has 3 rings (SSSR count). The van der Waals surface area contributed by atoms with Crippen LogP contribution < -0.4 is 10.7 Å². The molecule has 6 nitrogen and oxygen atoms in total. The highest BCUT2D eigenvalue weighted by atomic mass is 35.5. The van der Waals surface area contributed by atoms with Crippen LogP contribution >= 0.6 is 11.6 Å². The number of benzene rings is 2. The molecule has 2 aromatic carbocycles. The van der Waals surface area contributed by atoms with Crippen molar-refractivity contribution in [1.29, 1.82) is 0 Å². The highest BCUT2D eigenvalue weighted by molar-refractivity contribution is 6.39. The smallest absolute Gasteiger partial charge is 0.318 e. The molecule has 1 aromatic heterocycles. The maximum atomic E-state index is 13.0. The van der Waals surface area contributed by atoms with Crippen LogP contribution in [0.25, 0.3) is 5.69 Å². The van der Waals surface area contributed by atoms with E-state index in [1.807, 2.05) is 45.9 Å². The van der Waals surface area contributed by atoms with Crippen molar-refractivity contribution in [2.75, 3.05) is 5.32 Å². The molecule has 2 N–H and O–H groups in total. The van der Waals surface area contributed by atoms with Gasteiger partial charge >= 0.3 is 18.0 Å². The fourth-order valence-corrected chi connectivity index (χ4v) is 3.69. The molecule has 0 aliphatic heterocycles. The van der Waals surface area contributed by atoms with Gasteiger partial charge in [0, 0.05) is 28.3 Å². The number of nitrogens with zero attached hydrogens (tertiary/aromatic N) is 2. The lowest BCUT2D eigenvalue weighted by molar-refractivity contribution is -0.137. The number of rotatable bonds is 4. The number of anilines is 1. The van der Waals surface area contributed by atoms with Crippen LogP contribution in [0.1, 0.15) is 33.6 Å². The van der Waals surface area contributed by atoms with Gasteiger partial charge in [-0.2, -0.15) is 18.3 Å². The molecule has 0 saturated heterocycles. The summed E-state index contributed by atoms with van der Waals surface area (Å²) in [7, 11) is 0. The number of hydrazone groups is 1. The Labute approximate surface area is 199 Å². The average Bonchev–Trinajstić information content (AvgIpc) is 3.03. The zero-order valence-corrected chi connectivity index (χ0v) is 19.6. The first-order valence-electron chi connectivity index (χ1n) is 10.2. The van der Waals surface area contributed by atoms with E-state index in [9.17, 15) is 22.8 Å². The van der Waals surface area contributed by atoms with Gasteiger partial charge < -0.3 is 9.88 Å². The third-order valence-corrected chi connectivity index (χ3v) is 5.51. The topological polar surface area (TPSA) is 75.5 Å². The Morgan fingerprint density at radius 3 is 2.38 bits per heavy atom. The lowest BCUT2D eigenvalue weighted by Crippen LogP contribution is -2.32. The first-order valence-corrected chi connectivity index (χ1v) is 10.5. The summed E-state index contributed by atoms with van der Waals surface area (Å²) in [4.78, 5) is 24.1. The lowest BCUT2D eigenvalue weighted by atomic mass is 10.1. The second-order valence-corrected chi connectivity index (χ2v) is 8.20. The second kappa shape index (κ2) is 9.72. The van der Waals surface area contributed by atoms with Gasteiger partial charge in [-0.15, -0.1) is 0 Å².